The second kappa shape index (κ2) is 2.20. The van der Waals surface area contributed by atoms with Crippen molar-refractivity contribution >= 4 is 17.2 Å². The molecule has 0 aliphatic rings. The number of hydrogen-bond donors (Lipinski definition) is 0. The van der Waals surface area contributed by atoms with Crippen molar-refractivity contribution in [2.75, 3.05) is 0 Å². The molecule has 0 amide bonds. The maximum absolute atomic E-state index is 5.69. The van der Waals surface area contributed by atoms with Gasteiger partial charge in [0.05, 0.1) is 11.9 Å². The maximum Gasteiger partial charge on any atom is 0.153 e. The van der Waals surface area contributed by atoms with Gasteiger partial charge < -0.3 is 0 Å². The average molecular weight is 168 g/mol. The van der Waals surface area contributed by atoms with Gasteiger partial charge in [-0.2, -0.15) is 5.10 Å². The third-order valence-corrected chi connectivity index (χ3v) is 1.70. The summed E-state index contributed by atoms with van der Waals surface area (Å²) in [5.41, 5.74) is 1.81. The van der Waals surface area contributed by atoms with Crippen LogP contribution in [0.1, 0.15) is 5.69 Å². The lowest BCUT2D eigenvalue weighted by molar-refractivity contribution is 0.900. The molecule has 0 unspecified atom stereocenters. The van der Waals surface area contributed by atoms with Crippen LogP contribution in [0.15, 0.2) is 18.3 Å². The molecule has 0 aliphatic carbocycles. The van der Waals surface area contributed by atoms with Crippen LogP contribution in [0.3, 0.4) is 0 Å². The van der Waals surface area contributed by atoms with E-state index in [1.54, 1.807) is 16.8 Å². The van der Waals surface area contributed by atoms with Gasteiger partial charge in [-0.1, -0.05) is 11.6 Å². The van der Waals surface area contributed by atoms with E-state index in [1.807, 2.05) is 13.0 Å². The predicted octanol–water partition coefficient (Wildman–Crippen LogP) is 1.69. The molecule has 0 spiro atoms. The molecule has 0 fully saturated rings. The van der Waals surface area contributed by atoms with Crippen molar-refractivity contribution in [1.29, 1.82) is 0 Å². The molecule has 56 valence electrons. The molecule has 0 N–H and O–H groups in total. The summed E-state index contributed by atoms with van der Waals surface area (Å²) in [4.78, 5) is 4.10. The first-order valence-corrected chi connectivity index (χ1v) is 3.62. The van der Waals surface area contributed by atoms with E-state index in [9.17, 15) is 0 Å². The van der Waals surface area contributed by atoms with Crippen LogP contribution in [0, 0.1) is 6.92 Å². The quantitative estimate of drug-likeness (QED) is 0.598. The number of aromatic nitrogens is 3. The Kier molecular flexibility index (Phi) is 1.32. The van der Waals surface area contributed by atoms with Gasteiger partial charge >= 0.3 is 0 Å². The zero-order valence-corrected chi connectivity index (χ0v) is 6.71. The Labute approximate surface area is 68.6 Å². The van der Waals surface area contributed by atoms with Crippen molar-refractivity contribution in [2.45, 2.75) is 6.92 Å². The lowest BCUT2D eigenvalue weighted by Crippen LogP contribution is -1.92. The van der Waals surface area contributed by atoms with E-state index in [0.29, 0.717) is 5.15 Å². The standard InChI is InChI=1S/C7H6ClN3/c1-5-4-9-7-3-2-6(8)10-11(5)7/h2-4H,1H3. The monoisotopic (exact) mass is 167 g/mol. The Morgan fingerprint density at radius 2 is 2.27 bits per heavy atom. The lowest BCUT2D eigenvalue weighted by atomic mass is 10.5. The highest BCUT2D eigenvalue weighted by Gasteiger charge is 1.98. The first-order valence-electron chi connectivity index (χ1n) is 3.24. The number of rotatable bonds is 0. The molecule has 0 radical (unpaired) electrons. The fourth-order valence-electron chi connectivity index (χ4n) is 0.966. The molecule has 0 aliphatic heterocycles. The Bertz CT molecular complexity index is 393. The lowest BCUT2D eigenvalue weighted by Gasteiger charge is -1.93. The maximum atomic E-state index is 5.69. The van der Waals surface area contributed by atoms with Gasteiger partial charge in [0.25, 0.3) is 0 Å². The predicted molar refractivity (Wildman–Crippen MR) is 42.7 cm³/mol. The van der Waals surface area contributed by atoms with E-state index in [2.05, 4.69) is 10.1 Å². The van der Waals surface area contributed by atoms with Crippen molar-refractivity contribution < 1.29 is 0 Å². The normalized spacial score (nSPS) is 10.7. The van der Waals surface area contributed by atoms with E-state index in [4.69, 9.17) is 11.6 Å². The van der Waals surface area contributed by atoms with E-state index >= 15 is 0 Å². The summed E-state index contributed by atoms with van der Waals surface area (Å²) < 4.78 is 1.71. The minimum Gasteiger partial charge on any atom is -0.235 e. The van der Waals surface area contributed by atoms with Crippen molar-refractivity contribution in [1.82, 2.24) is 14.6 Å². The first-order chi connectivity index (χ1) is 5.27. The average Bonchev–Trinajstić information content (AvgIpc) is 2.33. The SMILES string of the molecule is Cc1cnc2ccc(Cl)nn12. The molecular weight excluding hydrogens is 162 g/mol. The van der Waals surface area contributed by atoms with Crippen molar-refractivity contribution in [3.8, 4) is 0 Å². The van der Waals surface area contributed by atoms with E-state index < -0.39 is 0 Å². The van der Waals surface area contributed by atoms with Crippen LogP contribution in [0.4, 0.5) is 0 Å². The number of halogens is 1. The number of fused-ring (bicyclic) bond motifs is 1. The zero-order valence-electron chi connectivity index (χ0n) is 5.95. The smallest absolute Gasteiger partial charge is 0.153 e. The van der Waals surface area contributed by atoms with Gasteiger partial charge in [-0.25, -0.2) is 9.50 Å². The summed E-state index contributed by atoms with van der Waals surface area (Å²) in [6.07, 6.45) is 1.76. The summed E-state index contributed by atoms with van der Waals surface area (Å²) in [6, 6.07) is 3.56. The van der Waals surface area contributed by atoms with Gasteiger partial charge in [0.15, 0.2) is 5.65 Å². The second-order valence-electron chi connectivity index (χ2n) is 2.33. The molecule has 2 heterocycles. The van der Waals surface area contributed by atoms with Crippen LogP contribution >= 0.6 is 11.6 Å². The third-order valence-electron chi connectivity index (χ3n) is 1.50. The van der Waals surface area contributed by atoms with Gasteiger partial charge in [0, 0.05) is 0 Å². The first kappa shape index (κ1) is 6.61. The molecule has 11 heavy (non-hydrogen) atoms. The zero-order chi connectivity index (χ0) is 7.84. The molecule has 0 aromatic carbocycles. The fraction of sp³-hybridized carbons (Fsp3) is 0.143. The van der Waals surface area contributed by atoms with Crippen LogP contribution < -0.4 is 0 Å². The molecule has 3 nitrogen and oxygen atoms in total. The van der Waals surface area contributed by atoms with Gasteiger partial charge in [-0.3, -0.25) is 0 Å². The summed E-state index contributed by atoms with van der Waals surface area (Å²) in [6.45, 7) is 1.93. The molecule has 0 saturated heterocycles. The number of aryl methyl sites for hydroxylation is 1. The highest BCUT2D eigenvalue weighted by Crippen LogP contribution is 2.07. The summed E-state index contributed by atoms with van der Waals surface area (Å²) >= 11 is 5.69. The highest BCUT2D eigenvalue weighted by atomic mass is 35.5. The molecule has 2 aromatic rings. The van der Waals surface area contributed by atoms with Crippen LogP contribution in [0.5, 0.6) is 0 Å². The molecule has 2 aromatic heterocycles. The minimum absolute atomic E-state index is 0.485. The Morgan fingerprint density at radius 1 is 1.45 bits per heavy atom. The number of imidazole rings is 1. The van der Waals surface area contributed by atoms with Crippen LogP contribution in [0.2, 0.25) is 5.15 Å². The van der Waals surface area contributed by atoms with Gasteiger partial charge in [-0.05, 0) is 19.1 Å². The topological polar surface area (TPSA) is 30.2 Å². The highest BCUT2D eigenvalue weighted by molar-refractivity contribution is 6.29. The molecule has 0 bridgehead atoms. The minimum atomic E-state index is 0.485. The molecular formula is C7H6ClN3. The Morgan fingerprint density at radius 3 is 3.09 bits per heavy atom. The summed E-state index contributed by atoms with van der Waals surface area (Å²) in [7, 11) is 0. The van der Waals surface area contributed by atoms with E-state index in [0.717, 1.165) is 11.3 Å². The van der Waals surface area contributed by atoms with Gasteiger partial charge in [0.2, 0.25) is 0 Å². The second-order valence-corrected chi connectivity index (χ2v) is 2.71. The van der Waals surface area contributed by atoms with E-state index in [-0.39, 0.29) is 0 Å². The van der Waals surface area contributed by atoms with Gasteiger partial charge in [-0.15, -0.1) is 0 Å². The van der Waals surface area contributed by atoms with E-state index in [1.165, 1.54) is 0 Å². The van der Waals surface area contributed by atoms with Crippen LogP contribution in [-0.4, -0.2) is 14.6 Å². The van der Waals surface area contributed by atoms with Gasteiger partial charge in [0.1, 0.15) is 5.15 Å². The molecule has 2 rings (SSSR count). The molecule has 0 atom stereocenters. The van der Waals surface area contributed by atoms with Crippen LogP contribution in [0.25, 0.3) is 5.65 Å². The number of hydrogen-bond acceptors (Lipinski definition) is 2. The summed E-state index contributed by atoms with van der Waals surface area (Å²) in [5, 5.41) is 4.54. The fourth-order valence-corrected chi connectivity index (χ4v) is 1.10. The Hall–Kier alpha value is -1.09. The van der Waals surface area contributed by atoms with Crippen LogP contribution in [-0.2, 0) is 0 Å². The molecule has 0 saturated carbocycles. The van der Waals surface area contributed by atoms with Crippen molar-refractivity contribution in [3.63, 3.8) is 0 Å². The Balaban J connectivity index is 2.87. The number of nitrogens with zero attached hydrogens (tertiary/aromatic N) is 3. The largest absolute Gasteiger partial charge is 0.235 e. The van der Waals surface area contributed by atoms with Crippen molar-refractivity contribution in [3.05, 3.63) is 29.2 Å². The third kappa shape index (κ3) is 0.973. The summed E-state index contributed by atoms with van der Waals surface area (Å²) in [5.74, 6) is 0. The molecule has 4 heteroatoms. The van der Waals surface area contributed by atoms with Crippen molar-refractivity contribution in [2.24, 2.45) is 0 Å².